The predicted molar refractivity (Wildman–Crippen MR) is 45.4 cm³/mol. The molecule has 1 aromatic rings. The van der Waals surface area contributed by atoms with Gasteiger partial charge in [0.2, 0.25) is 5.17 Å². The average molecular weight is 226 g/mol. The lowest BCUT2D eigenvalue weighted by molar-refractivity contribution is -0.0558. The van der Waals surface area contributed by atoms with Gasteiger partial charge in [0.1, 0.15) is 5.82 Å². The summed E-state index contributed by atoms with van der Waals surface area (Å²) in [4.78, 5) is 3.01. The van der Waals surface area contributed by atoms with Crippen molar-refractivity contribution in [2.75, 3.05) is 0 Å². The molecule has 1 rings (SSSR count). The van der Waals surface area contributed by atoms with Crippen LogP contribution < -0.4 is 0 Å². The van der Waals surface area contributed by atoms with Crippen molar-refractivity contribution < 1.29 is 17.6 Å². The van der Waals surface area contributed by atoms with E-state index >= 15 is 0 Å². The van der Waals surface area contributed by atoms with Crippen molar-refractivity contribution in [3.05, 3.63) is 30.1 Å². The molecule has 0 atom stereocenters. The van der Waals surface area contributed by atoms with Gasteiger partial charge in [0, 0.05) is 0 Å². The molecule has 6 heteroatoms. The van der Waals surface area contributed by atoms with Crippen LogP contribution in [0.2, 0.25) is 0 Å². The monoisotopic (exact) mass is 225 g/mol. The Morgan fingerprint density at radius 3 is 2.43 bits per heavy atom. The zero-order valence-corrected chi connectivity index (χ0v) is 7.40. The Labute approximate surface area is 82.0 Å². The lowest BCUT2D eigenvalue weighted by Crippen LogP contribution is -2.16. The second kappa shape index (κ2) is 3.96. The van der Waals surface area contributed by atoms with Crippen LogP contribution in [0.4, 0.5) is 23.2 Å². The van der Waals surface area contributed by atoms with Crippen LogP contribution in [0.3, 0.4) is 0 Å². The van der Waals surface area contributed by atoms with Crippen LogP contribution in [0.25, 0.3) is 0 Å². The van der Waals surface area contributed by atoms with Crippen LogP contribution in [-0.2, 0) is 0 Å². The number of hydrogen-bond acceptors (Lipinski definition) is 1. The molecule has 0 radical (unpaired) electrons. The van der Waals surface area contributed by atoms with E-state index in [2.05, 4.69) is 4.99 Å². The Bertz CT molecular complexity index is 359. The SMILES string of the molecule is Fc1cccc(N=C(Cl)C(F)(F)F)c1. The van der Waals surface area contributed by atoms with Crippen molar-refractivity contribution in [1.29, 1.82) is 0 Å². The molecule has 1 nitrogen and oxygen atoms in total. The molecule has 0 bridgehead atoms. The standard InChI is InChI=1S/C8H4ClF4N/c9-7(8(11,12)13)14-6-3-1-2-5(10)4-6/h1-4H. The lowest BCUT2D eigenvalue weighted by atomic mass is 10.3. The Morgan fingerprint density at radius 1 is 1.29 bits per heavy atom. The van der Waals surface area contributed by atoms with E-state index in [4.69, 9.17) is 11.6 Å². The van der Waals surface area contributed by atoms with E-state index in [0.29, 0.717) is 0 Å². The third-order valence-electron chi connectivity index (χ3n) is 1.27. The van der Waals surface area contributed by atoms with E-state index < -0.39 is 17.2 Å². The van der Waals surface area contributed by atoms with Crippen LogP contribution in [-0.4, -0.2) is 11.3 Å². The van der Waals surface area contributed by atoms with Crippen LogP contribution in [0.5, 0.6) is 0 Å². The van der Waals surface area contributed by atoms with Crippen molar-refractivity contribution in [1.82, 2.24) is 0 Å². The molecule has 0 spiro atoms. The first-order chi connectivity index (χ1) is 6.39. The van der Waals surface area contributed by atoms with Gasteiger partial charge in [-0.05, 0) is 18.2 Å². The highest BCUT2D eigenvalue weighted by Crippen LogP contribution is 2.23. The summed E-state index contributed by atoms with van der Waals surface area (Å²) >= 11 is 4.85. The van der Waals surface area contributed by atoms with Gasteiger partial charge in [-0.2, -0.15) is 13.2 Å². The molecule has 14 heavy (non-hydrogen) atoms. The Balaban J connectivity index is 2.98. The third kappa shape index (κ3) is 2.99. The normalized spacial score (nSPS) is 13.1. The molecule has 0 aliphatic heterocycles. The fourth-order valence-electron chi connectivity index (χ4n) is 0.722. The summed E-state index contributed by atoms with van der Waals surface area (Å²) in [6.45, 7) is 0. The zero-order valence-electron chi connectivity index (χ0n) is 6.65. The van der Waals surface area contributed by atoms with E-state index in [1.165, 1.54) is 12.1 Å². The van der Waals surface area contributed by atoms with Gasteiger partial charge in [-0.15, -0.1) is 0 Å². The van der Waals surface area contributed by atoms with Crippen molar-refractivity contribution in [3.63, 3.8) is 0 Å². The highest BCUT2D eigenvalue weighted by atomic mass is 35.5. The summed E-state index contributed by atoms with van der Waals surface area (Å²) in [6.07, 6.45) is -4.70. The van der Waals surface area contributed by atoms with Gasteiger partial charge in [0.25, 0.3) is 0 Å². The van der Waals surface area contributed by atoms with Crippen LogP contribution >= 0.6 is 11.6 Å². The summed E-state index contributed by atoms with van der Waals surface area (Å²) in [5.41, 5.74) is -0.174. The smallest absolute Gasteiger partial charge is 0.232 e. The summed E-state index contributed by atoms with van der Waals surface area (Å²) in [5, 5.41) is -1.52. The largest absolute Gasteiger partial charge is 0.444 e. The van der Waals surface area contributed by atoms with Crippen molar-refractivity contribution >= 4 is 22.5 Å². The van der Waals surface area contributed by atoms with Gasteiger partial charge in [-0.25, -0.2) is 9.38 Å². The van der Waals surface area contributed by atoms with Gasteiger partial charge in [0.15, 0.2) is 0 Å². The number of aliphatic imine (C=N–C) groups is 1. The molecular weight excluding hydrogens is 222 g/mol. The van der Waals surface area contributed by atoms with Crippen LogP contribution in [0, 0.1) is 5.82 Å². The number of nitrogens with zero attached hydrogens (tertiary/aromatic N) is 1. The van der Waals surface area contributed by atoms with Crippen molar-refractivity contribution in [2.45, 2.75) is 6.18 Å². The van der Waals surface area contributed by atoms with Crippen LogP contribution in [0.1, 0.15) is 0 Å². The predicted octanol–water partition coefficient (Wildman–Crippen LogP) is 3.66. The Kier molecular flexibility index (Phi) is 3.10. The molecule has 0 fully saturated rings. The molecule has 0 aromatic heterocycles. The van der Waals surface area contributed by atoms with E-state index in [0.717, 1.165) is 12.1 Å². The fourth-order valence-corrected chi connectivity index (χ4v) is 0.820. The molecule has 0 amide bonds. The van der Waals surface area contributed by atoms with Gasteiger partial charge < -0.3 is 0 Å². The highest BCUT2D eigenvalue weighted by molar-refractivity contribution is 6.67. The highest BCUT2D eigenvalue weighted by Gasteiger charge is 2.34. The maximum absolute atomic E-state index is 12.5. The summed E-state index contributed by atoms with van der Waals surface area (Å²) < 4.78 is 48.2. The first-order valence-electron chi connectivity index (χ1n) is 3.46. The van der Waals surface area contributed by atoms with E-state index in [-0.39, 0.29) is 5.69 Å². The maximum Gasteiger partial charge on any atom is 0.444 e. The molecule has 0 saturated carbocycles. The fraction of sp³-hybridized carbons (Fsp3) is 0.125. The molecule has 0 aliphatic rings. The first kappa shape index (κ1) is 11.0. The summed E-state index contributed by atoms with van der Waals surface area (Å²) in [6, 6.07) is 4.42. The zero-order chi connectivity index (χ0) is 10.8. The summed E-state index contributed by atoms with van der Waals surface area (Å²) in [5.74, 6) is -0.669. The lowest BCUT2D eigenvalue weighted by Gasteiger charge is -2.02. The Morgan fingerprint density at radius 2 is 1.93 bits per heavy atom. The number of benzene rings is 1. The maximum atomic E-state index is 12.5. The minimum Gasteiger partial charge on any atom is -0.232 e. The van der Waals surface area contributed by atoms with E-state index in [1.54, 1.807) is 0 Å². The molecule has 1 aromatic carbocycles. The Hall–Kier alpha value is -1.10. The molecule has 0 unspecified atom stereocenters. The van der Waals surface area contributed by atoms with Gasteiger partial charge in [-0.3, -0.25) is 0 Å². The van der Waals surface area contributed by atoms with Crippen LogP contribution in [0.15, 0.2) is 29.3 Å². The van der Waals surface area contributed by atoms with Gasteiger partial charge in [-0.1, -0.05) is 17.7 Å². The molecule has 0 heterocycles. The number of hydrogen-bond donors (Lipinski definition) is 0. The minimum atomic E-state index is -4.70. The van der Waals surface area contributed by atoms with E-state index in [1.807, 2.05) is 0 Å². The molecule has 0 saturated heterocycles. The molecular formula is C8H4ClF4N. The average Bonchev–Trinajstić information content (AvgIpc) is 2.02. The molecule has 76 valence electrons. The molecule has 0 N–H and O–H groups in total. The second-order valence-electron chi connectivity index (χ2n) is 2.38. The van der Waals surface area contributed by atoms with Gasteiger partial charge in [0.05, 0.1) is 5.69 Å². The summed E-state index contributed by atoms with van der Waals surface area (Å²) in [7, 11) is 0. The molecule has 0 aliphatic carbocycles. The second-order valence-corrected chi connectivity index (χ2v) is 2.74. The third-order valence-corrected chi connectivity index (χ3v) is 1.57. The van der Waals surface area contributed by atoms with Gasteiger partial charge >= 0.3 is 6.18 Å². The minimum absolute atomic E-state index is 0.174. The number of rotatable bonds is 1. The quantitative estimate of drug-likeness (QED) is 0.511. The topological polar surface area (TPSA) is 12.4 Å². The van der Waals surface area contributed by atoms with E-state index in [9.17, 15) is 17.6 Å². The van der Waals surface area contributed by atoms with Crippen molar-refractivity contribution in [2.24, 2.45) is 4.99 Å². The van der Waals surface area contributed by atoms with Crippen molar-refractivity contribution in [3.8, 4) is 0 Å². The number of alkyl halides is 3. The number of halogens is 5. The first-order valence-corrected chi connectivity index (χ1v) is 3.84.